The zero-order valence-corrected chi connectivity index (χ0v) is 25.9. The number of hydrogen-bond acceptors (Lipinski definition) is 7. The van der Waals surface area contributed by atoms with E-state index in [1.807, 2.05) is 0 Å². The number of rotatable bonds is 26. The summed E-state index contributed by atoms with van der Waals surface area (Å²) in [6.45, 7) is 1.12. The summed E-state index contributed by atoms with van der Waals surface area (Å²) in [4.78, 5) is 0. The Morgan fingerprint density at radius 1 is 0.833 bits per heavy atom. The highest BCUT2D eigenvalue weighted by Gasteiger charge is 2.35. The lowest BCUT2D eigenvalue weighted by Crippen LogP contribution is -2.31. The molecule has 2 unspecified atom stereocenters. The lowest BCUT2D eigenvalue weighted by Gasteiger charge is -2.27. The monoisotopic (exact) mass is 620 g/mol. The Morgan fingerprint density at radius 3 is 1.94 bits per heavy atom. The number of alkyl halides is 1. The Morgan fingerprint density at radius 2 is 1.39 bits per heavy atom. The van der Waals surface area contributed by atoms with E-state index < -0.39 is 12.7 Å². The highest BCUT2D eigenvalue weighted by molar-refractivity contribution is 9.09. The number of hydrogen-bond donors (Lipinski definition) is 0. The summed E-state index contributed by atoms with van der Waals surface area (Å²) in [5.74, 6) is -0.455. The summed E-state index contributed by atoms with van der Waals surface area (Å²) >= 11 is 8.95. The average Bonchev–Trinajstić information content (AvgIpc) is 3.34. The quantitative estimate of drug-likeness (QED) is 0.0545. The van der Waals surface area contributed by atoms with Crippen LogP contribution in [0.3, 0.4) is 0 Å². The van der Waals surface area contributed by atoms with Gasteiger partial charge in [0.05, 0.1) is 33.0 Å². The van der Waals surface area contributed by atoms with Crippen LogP contribution in [0.25, 0.3) is 0 Å². The van der Waals surface area contributed by atoms with Crippen LogP contribution in [0, 0.1) is 0 Å². The summed E-state index contributed by atoms with van der Waals surface area (Å²) in [6, 6.07) is 0. The molecule has 36 heavy (non-hydrogen) atoms. The summed E-state index contributed by atoms with van der Waals surface area (Å²) in [7, 11) is 1.56. The van der Waals surface area contributed by atoms with E-state index in [2.05, 4.69) is 22.9 Å². The van der Waals surface area contributed by atoms with Crippen LogP contribution in [0.2, 0.25) is 0 Å². The minimum atomic E-state index is -3.60. The molecule has 0 amide bonds. The van der Waals surface area contributed by atoms with Gasteiger partial charge in [-0.15, -0.1) is 0 Å². The third kappa shape index (κ3) is 18.1. The van der Waals surface area contributed by atoms with E-state index in [1.165, 1.54) is 70.6 Å². The molecule has 1 aliphatic heterocycles. The Balaban J connectivity index is 2.10. The molecule has 1 aliphatic rings. The van der Waals surface area contributed by atoms with Gasteiger partial charge in [-0.3, -0.25) is 9.05 Å². The molecule has 0 N–H and O–H groups in total. The molecule has 0 aromatic carbocycles. The van der Waals surface area contributed by atoms with Crippen molar-refractivity contribution in [1.29, 1.82) is 0 Å². The molecular weight excluding hydrogens is 571 g/mol. The minimum Gasteiger partial charge on any atom is -0.379 e. The van der Waals surface area contributed by atoms with Gasteiger partial charge < -0.3 is 18.9 Å². The molecule has 0 saturated carbocycles. The fraction of sp³-hybridized carbons (Fsp3) is 1.00. The van der Waals surface area contributed by atoms with Gasteiger partial charge in [-0.2, -0.15) is 0 Å². The second-order valence-electron chi connectivity index (χ2n) is 9.53. The van der Waals surface area contributed by atoms with Crippen molar-refractivity contribution < 1.29 is 32.6 Å². The van der Waals surface area contributed by atoms with Gasteiger partial charge in [0.1, 0.15) is 6.10 Å². The molecule has 0 aromatic heterocycles. The Kier molecular flexibility index (Phi) is 21.8. The maximum absolute atomic E-state index is 12.0. The first-order valence-corrected chi connectivity index (χ1v) is 17.6. The molecule has 1 saturated heterocycles. The van der Waals surface area contributed by atoms with Gasteiger partial charge in [-0.1, -0.05) is 93.5 Å². The molecule has 10 heteroatoms. The summed E-state index contributed by atoms with van der Waals surface area (Å²) < 4.78 is 45.2. The van der Waals surface area contributed by atoms with Crippen molar-refractivity contribution in [2.45, 2.75) is 115 Å². The maximum Gasteiger partial charge on any atom is 0.424 e. The Hall–Kier alpha value is 0.760. The van der Waals surface area contributed by atoms with Crippen molar-refractivity contribution in [3.05, 3.63) is 0 Å². The fourth-order valence-electron chi connectivity index (χ4n) is 4.34. The van der Waals surface area contributed by atoms with E-state index in [9.17, 15) is 4.57 Å². The van der Waals surface area contributed by atoms with Crippen molar-refractivity contribution in [1.82, 2.24) is 0 Å². The van der Waals surface area contributed by atoms with Gasteiger partial charge in [-0.05, 0) is 12.8 Å². The fourth-order valence-corrected chi connectivity index (χ4v) is 5.86. The van der Waals surface area contributed by atoms with Crippen molar-refractivity contribution in [2.75, 3.05) is 52.1 Å². The largest absolute Gasteiger partial charge is 0.424 e. The standard InChI is InChI=1S/C26H51BrClO7P/c1-3-4-5-6-7-8-9-10-11-12-13-14-16-26(32-21-22-33-26)17-15-19-31-23-25(30-2)24-35-36(28,29)34-20-18-27/h25H,3-24H2,1-2H3. The molecule has 2 atom stereocenters. The third-order valence-electron chi connectivity index (χ3n) is 6.45. The number of methoxy groups -OCH3 is 1. The van der Waals surface area contributed by atoms with Crippen LogP contribution in [-0.4, -0.2) is 64.0 Å². The average molecular weight is 622 g/mol. The van der Waals surface area contributed by atoms with E-state index in [-0.39, 0.29) is 19.3 Å². The second kappa shape index (κ2) is 22.6. The number of unbranched alkanes of at least 4 members (excludes halogenated alkanes) is 11. The van der Waals surface area contributed by atoms with Gasteiger partial charge in [0.25, 0.3) is 0 Å². The van der Waals surface area contributed by atoms with Gasteiger partial charge in [0.15, 0.2) is 5.79 Å². The van der Waals surface area contributed by atoms with Crippen molar-refractivity contribution in [3.8, 4) is 0 Å². The predicted octanol–water partition coefficient (Wildman–Crippen LogP) is 8.41. The van der Waals surface area contributed by atoms with E-state index in [0.717, 1.165) is 25.7 Å². The molecule has 0 aliphatic carbocycles. The topological polar surface area (TPSA) is 72.5 Å². The summed E-state index contributed by atoms with van der Waals surface area (Å²) in [6.07, 6.45) is 18.3. The van der Waals surface area contributed by atoms with E-state index in [0.29, 0.717) is 31.8 Å². The SMILES string of the molecule is CCCCCCCCCCCCCCC1(CCCOCC(COP(=O)(Cl)OCCBr)OC)OCCO1. The predicted molar refractivity (Wildman–Crippen MR) is 150 cm³/mol. The molecule has 0 aromatic rings. The van der Waals surface area contributed by atoms with Crippen molar-refractivity contribution >= 4 is 34.1 Å². The van der Waals surface area contributed by atoms with Crippen molar-refractivity contribution in [2.24, 2.45) is 0 Å². The molecule has 0 bridgehead atoms. The lowest BCUT2D eigenvalue weighted by atomic mass is 10.0. The van der Waals surface area contributed by atoms with Crippen molar-refractivity contribution in [3.63, 3.8) is 0 Å². The van der Waals surface area contributed by atoms with Crippen LogP contribution >= 0.6 is 34.1 Å². The zero-order chi connectivity index (χ0) is 26.4. The molecule has 1 fully saturated rings. The maximum atomic E-state index is 12.0. The summed E-state index contributed by atoms with van der Waals surface area (Å²) in [5.41, 5.74) is 0. The summed E-state index contributed by atoms with van der Waals surface area (Å²) in [5, 5.41) is 0.526. The second-order valence-corrected chi connectivity index (χ2v) is 12.9. The van der Waals surface area contributed by atoms with E-state index in [4.69, 9.17) is 39.2 Å². The first kappa shape index (κ1) is 34.8. The van der Waals surface area contributed by atoms with Gasteiger partial charge in [0.2, 0.25) is 0 Å². The molecule has 0 spiro atoms. The first-order chi connectivity index (χ1) is 17.5. The van der Waals surface area contributed by atoms with E-state index >= 15 is 0 Å². The highest BCUT2D eigenvalue weighted by atomic mass is 79.9. The first-order valence-electron chi connectivity index (χ1n) is 14.0. The number of ether oxygens (including phenoxy) is 4. The number of halogens is 2. The van der Waals surface area contributed by atoms with Crippen LogP contribution < -0.4 is 0 Å². The van der Waals surface area contributed by atoms with Crippen LogP contribution in [0.15, 0.2) is 0 Å². The lowest BCUT2D eigenvalue weighted by molar-refractivity contribution is -0.170. The molecule has 0 radical (unpaired) electrons. The molecule has 216 valence electrons. The zero-order valence-electron chi connectivity index (χ0n) is 22.7. The van der Waals surface area contributed by atoms with Gasteiger partial charge >= 0.3 is 6.95 Å². The van der Waals surface area contributed by atoms with Gasteiger partial charge in [0, 0.05) is 43.1 Å². The molecule has 7 nitrogen and oxygen atoms in total. The van der Waals surface area contributed by atoms with Gasteiger partial charge in [-0.25, -0.2) is 4.57 Å². The molecular formula is C26H51BrClO7P. The third-order valence-corrected chi connectivity index (χ3v) is 8.30. The van der Waals surface area contributed by atoms with Crippen LogP contribution in [0.4, 0.5) is 0 Å². The Bertz CT molecular complexity index is 552. The highest BCUT2D eigenvalue weighted by Crippen LogP contribution is 2.53. The Labute approximate surface area is 233 Å². The smallest absolute Gasteiger partial charge is 0.379 e. The normalized spacial score (nSPS) is 17.9. The van der Waals surface area contributed by atoms with E-state index in [1.54, 1.807) is 7.11 Å². The van der Waals surface area contributed by atoms with Crippen LogP contribution in [0.1, 0.15) is 103 Å². The van der Waals surface area contributed by atoms with Crippen LogP contribution in [0.5, 0.6) is 0 Å². The molecule has 1 rings (SSSR count). The molecule has 1 heterocycles. The van der Waals surface area contributed by atoms with Crippen LogP contribution in [-0.2, 0) is 32.6 Å². The minimum absolute atomic E-state index is 0.0364.